The molecule has 0 aromatic heterocycles. The Morgan fingerprint density at radius 2 is 1.54 bits per heavy atom. The fourth-order valence-electron chi connectivity index (χ4n) is 1.77. The summed E-state index contributed by atoms with van der Waals surface area (Å²) in [6.07, 6.45) is 16.1. The van der Waals surface area contributed by atoms with Gasteiger partial charge >= 0.3 is 0 Å². The molecular weight excluding hydrogens is 348 g/mol. The highest BCUT2D eigenvalue weighted by atomic mass is 32.2. The number of likely N-dealkylation sites (tertiary alicyclic amines) is 1. The van der Waals surface area contributed by atoms with Crippen molar-refractivity contribution < 1.29 is 19.2 Å². The van der Waals surface area contributed by atoms with Gasteiger partial charge in [0.25, 0.3) is 11.8 Å². The first-order valence-corrected chi connectivity index (χ1v) is 8.86. The van der Waals surface area contributed by atoms with E-state index < -0.39 is 0 Å². The molecule has 0 radical (unpaired) electrons. The van der Waals surface area contributed by atoms with Crippen LogP contribution in [0.4, 0.5) is 0 Å². The van der Waals surface area contributed by atoms with E-state index in [1.165, 1.54) is 23.9 Å². The standard InChI is InChI=1S/C8H9NO2S.C7H5NO2.CH4S/c1-3-4-9-7(10)5-6(12-2)8(9)11;1-2-5-8-6(9)3-4-7(8)10;1-2/h1,6H,4-5H2,2H3;1,3-4H,5H2;2H,1H3. The fourth-order valence-corrected chi connectivity index (χ4v) is 2.41. The average molecular weight is 366 g/mol. The Kier molecular flexibility index (Phi) is 10.4. The van der Waals surface area contributed by atoms with Gasteiger partial charge in [-0.3, -0.25) is 29.0 Å². The van der Waals surface area contributed by atoms with Crippen LogP contribution in [0.3, 0.4) is 0 Å². The van der Waals surface area contributed by atoms with Crippen LogP contribution in [0, 0.1) is 24.7 Å². The fraction of sp³-hybridized carbons (Fsp3) is 0.375. The van der Waals surface area contributed by atoms with Crippen molar-refractivity contribution in [1.82, 2.24) is 9.80 Å². The van der Waals surface area contributed by atoms with Gasteiger partial charge in [0.1, 0.15) is 0 Å². The van der Waals surface area contributed by atoms with Gasteiger partial charge in [0.2, 0.25) is 11.8 Å². The summed E-state index contributed by atoms with van der Waals surface area (Å²) in [7, 11) is 0. The van der Waals surface area contributed by atoms with Gasteiger partial charge in [-0.05, 0) is 12.5 Å². The van der Waals surface area contributed by atoms with Crippen molar-refractivity contribution in [2.75, 3.05) is 25.6 Å². The van der Waals surface area contributed by atoms with E-state index in [1.807, 2.05) is 6.26 Å². The normalized spacial score (nSPS) is 18.5. The first kappa shape index (κ1) is 21.8. The molecule has 0 bridgehead atoms. The summed E-state index contributed by atoms with van der Waals surface area (Å²) >= 11 is 4.92. The lowest BCUT2D eigenvalue weighted by atomic mass is 10.4. The van der Waals surface area contributed by atoms with Crippen molar-refractivity contribution >= 4 is 48.0 Å². The molecule has 2 aliphatic heterocycles. The number of thiol groups is 1. The molecule has 8 heteroatoms. The molecule has 1 fully saturated rings. The molecule has 1 saturated heterocycles. The van der Waals surface area contributed by atoms with Crippen molar-refractivity contribution in [2.45, 2.75) is 11.7 Å². The molecule has 0 spiro atoms. The van der Waals surface area contributed by atoms with E-state index in [0.29, 0.717) is 6.42 Å². The lowest BCUT2D eigenvalue weighted by Gasteiger charge is -2.09. The molecule has 0 aliphatic carbocycles. The summed E-state index contributed by atoms with van der Waals surface area (Å²) in [5, 5.41) is -0.217. The first-order valence-electron chi connectivity index (χ1n) is 6.68. The highest BCUT2D eigenvalue weighted by Crippen LogP contribution is 2.22. The number of terminal acetylenes is 2. The average Bonchev–Trinajstić information content (AvgIpc) is 3.05. The predicted octanol–water partition coefficient (Wildman–Crippen LogP) is 0.201. The minimum Gasteiger partial charge on any atom is -0.274 e. The molecule has 2 heterocycles. The Balaban J connectivity index is 0.000000405. The van der Waals surface area contributed by atoms with Crippen LogP contribution in [-0.4, -0.2) is 64.3 Å². The number of thioether (sulfide) groups is 1. The Morgan fingerprint density at radius 1 is 1.08 bits per heavy atom. The Morgan fingerprint density at radius 3 is 1.92 bits per heavy atom. The van der Waals surface area contributed by atoms with Crippen molar-refractivity contribution in [2.24, 2.45) is 0 Å². The van der Waals surface area contributed by atoms with Crippen LogP contribution in [0.5, 0.6) is 0 Å². The van der Waals surface area contributed by atoms with Gasteiger partial charge in [-0.1, -0.05) is 11.8 Å². The second-order valence-corrected chi connectivity index (χ2v) is 5.29. The minimum absolute atomic E-state index is 0.0602. The molecule has 2 aliphatic rings. The Labute approximate surface area is 151 Å². The lowest BCUT2D eigenvalue weighted by Crippen LogP contribution is -2.31. The van der Waals surface area contributed by atoms with Crippen LogP contribution in [0.1, 0.15) is 6.42 Å². The highest BCUT2D eigenvalue weighted by molar-refractivity contribution is 8.00. The summed E-state index contributed by atoms with van der Waals surface area (Å²) < 4.78 is 0. The SMILES string of the molecule is C#CCN1C(=O)C=CC1=O.C#CCN1C(=O)CC(SC)C1=O.CS. The van der Waals surface area contributed by atoms with Crippen molar-refractivity contribution in [3.05, 3.63) is 12.2 Å². The number of carbonyl (C=O) groups excluding carboxylic acids is 4. The predicted molar refractivity (Wildman–Crippen MR) is 97.1 cm³/mol. The molecule has 0 N–H and O–H groups in total. The van der Waals surface area contributed by atoms with E-state index in [1.54, 1.807) is 6.26 Å². The van der Waals surface area contributed by atoms with Gasteiger partial charge in [-0.15, -0.1) is 12.8 Å². The second-order valence-electron chi connectivity index (χ2n) is 4.25. The summed E-state index contributed by atoms with van der Waals surface area (Å²) in [5.41, 5.74) is 0. The summed E-state index contributed by atoms with van der Waals surface area (Å²) in [6.45, 7) is 0.166. The van der Waals surface area contributed by atoms with E-state index in [2.05, 4.69) is 24.5 Å². The number of hydrogen-bond acceptors (Lipinski definition) is 6. The number of nitrogens with zero attached hydrogens (tertiary/aromatic N) is 2. The van der Waals surface area contributed by atoms with E-state index in [-0.39, 0.29) is 42.0 Å². The van der Waals surface area contributed by atoms with E-state index in [4.69, 9.17) is 12.8 Å². The lowest BCUT2D eigenvalue weighted by molar-refractivity contribution is -0.138. The highest BCUT2D eigenvalue weighted by Gasteiger charge is 2.37. The van der Waals surface area contributed by atoms with Crippen LogP contribution in [-0.2, 0) is 19.2 Å². The zero-order chi connectivity index (χ0) is 18.7. The molecule has 6 nitrogen and oxygen atoms in total. The third-order valence-corrected chi connectivity index (χ3v) is 3.82. The molecule has 0 aromatic rings. The van der Waals surface area contributed by atoms with Crippen molar-refractivity contribution in [1.29, 1.82) is 0 Å². The Hall–Kier alpha value is -2.16. The van der Waals surface area contributed by atoms with Crippen molar-refractivity contribution in [3.63, 3.8) is 0 Å². The third kappa shape index (κ3) is 5.80. The zero-order valence-corrected chi connectivity index (χ0v) is 15.1. The summed E-state index contributed by atoms with van der Waals surface area (Å²) in [5.74, 6) is 3.54. The monoisotopic (exact) mass is 366 g/mol. The number of imide groups is 2. The molecule has 1 unspecified atom stereocenters. The quantitative estimate of drug-likeness (QED) is 0.439. The van der Waals surface area contributed by atoms with Crippen LogP contribution in [0.2, 0.25) is 0 Å². The van der Waals surface area contributed by atoms with Gasteiger partial charge in [-0.2, -0.15) is 24.4 Å². The largest absolute Gasteiger partial charge is 0.274 e. The van der Waals surface area contributed by atoms with Crippen LogP contribution >= 0.6 is 24.4 Å². The summed E-state index contributed by atoms with van der Waals surface area (Å²) in [6, 6.07) is 0. The number of rotatable bonds is 3. The second kappa shape index (κ2) is 11.4. The van der Waals surface area contributed by atoms with E-state index in [0.717, 1.165) is 9.80 Å². The van der Waals surface area contributed by atoms with Gasteiger partial charge < -0.3 is 0 Å². The molecule has 24 heavy (non-hydrogen) atoms. The molecule has 0 saturated carbocycles. The molecular formula is C16H18N2O4S2. The maximum Gasteiger partial charge on any atom is 0.254 e. The molecule has 4 amide bonds. The molecule has 1 atom stereocenters. The van der Waals surface area contributed by atoms with Gasteiger partial charge in [0.05, 0.1) is 18.3 Å². The van der Waals surface area contributed by atoms with Crippen LogP contribution in [0.25, 0.3) is 0 Å². The third-order valence-electron chi connectivity index (χ3n) is 2.89. The van der Waals surface area contributed by atoms with E-state index in [9.17, 15) is 19.2 Å². The van der Waals surface area contributed by atoms with E-state index >= 15 is 0 Å². The summed E-state index contributed by atoms with van der Waals surface area (Å²) in [4.78, 5) is 46.0. The number of amides is 4. The van der Waals surface area contributed by atoms with Crippen molar-refractivity contribution in [3.8, 4) is 24.7 Å². The van der Waals surface area contributed by atoms with Gasteiger partial charge in [0, 0.05) is 18.6 Å². The zero-order valence-electron chi connectivity index (χ0n) is 13.4. The number of carbonyl (C=O) groups is 4. The van der Waals surface area contributed by atoms with Crippen LogP contribution < -0.4 is 0 Å². The smallest absolute Gasteiger partial charge is 0.254 e. The maximum atomic E-state index is 11.3. The molecule has 128 valence electrons. The minimum atomic E-state index is -0.331. The van der Waals surface area contributed by atoms with Crippen LogP contribution in [0.15, 0.2) is 12.2 Å². The maximum absolute atomic E-state index is 11.3. The van der Waals surface area contributed by atoms with Gasteiger partial charge in [0.15, 0.2) is 0 Å². The van der Waals surface area contributed by atoms with Gasteiger partial charge in [-0.25, -0.2) is 0 Å². The molecule has 2 rings (SSSR count). The first-order chi connectivity index (χ1) is 11.5. The topological polar surface area (TPSA) is 74.8 Å². The molecule has 0 aromatic carbocycles. The number of hydrogen-bond donors (Lipinski definition) is 1. The Bertz CT molecular complexity index is 599.